The molecule has 4 aromatic rings. The highest BCUT2D eigenvalue weighted by atomic mass is 16.5. The van der Waals surface area contributed by atoms with Crippen LogP contribution in [0.15, 0.2) is 67.0 Å². The van der Waals surface area contributed by atoms with Crippen LogP contribution in [0.4, 0.5) is 5.82 Å². The van der Waals surface area contributed by atoms with Crippen molar-refractivity contribution in [1.82, 2.24) is 20.3 Å². The monoisotopic (exact) mass is 399 g/mol. The zero-order valence-corrected chi connectivity index (χ0v) is 17.0. The third-order valence-corrected chi connectivity index (χ3v) is 5.57. The Hall–Kier alpha value is -3.38. The van der Waals surface area contributed by atoms with Gasteiger partial charge in [0.1, 0.15) is 29.6 Å². The number of hydrogen-bond donors (Lipinski definition) is 2. The molecule has 0 radical (unpaired) electrons. The molecule has 1 atom stereocenters. The van der Waals surface area contributed by atoms with Gasteiger partial charge in [-0.05, 0) is 48.4 Å². The largest absolute Gasteiger partial charge is 0.486 e. The average molecular weight is 399 g/mol. The first-order chi connectivity index (χ1) is 14.8. The van der Waals surface area contributed by atoms with E-state index in [0.717, 1.165) is 65.6 Å². The molecule has 0 amide bonds. The molecule has 152 valence electrons. The minimum atomic E-state index is 0.00184. The zero-order chi connectivity index (χ0) is 20.3. The second kappa shape index (κ2) is 8.16. The number of aromatic nitrogens is 3. The van der Waals surface area contributed by atoms with Crippen molar-refractivity contribution < 1.29 is 4.74 Å². The molecule has 6 heteroatoms. The van der Waals surface area contributed by atoms with E-state index >= 15 is 0 Å². The fraction of sp³-hybridized carbons (Fsp3) is 0.250. The van der Waals surface area contributed by atoms with Crippen LogP contribution >= 0.6 is 0 Å². The van der Waals surface area contributed by atoms with Gasteiger partial charge in [-0.2, -0.15) is 0 Å². The molecule has 5 rings (SSSR count). The molecule has 2 aromatic carbocycles. The van der Waals surface area contributed by atoms with Crippen molar-refractivity contribution in [3.05, 3.63) is 72.6 Å². The molecular weight excluding hydrogens is 374 g/mol. The summed E-state index contributed by atoms with van der Waals surface area (Å²) in [5, 5.41) is 4.45. The van der Waals surface area contributed by atoms with Gasteiger partial charge in [0.2, 0.25) is 0 Å². The standard InChI is InChI=1S/C24H25N5O/c1-17(18-5-3-2-4-6-18)30-20-9-7-19(8-10-20)22-15-21-23(28-22)26-16-27-24(21)29-13-11-25-12-14-29/h2-10,15-17,25H,11-14H2,1H3,(H,26,27,28)/t17-/m0/s1. The topological polar surface area (TPSA) is 66.1 Å². The van der Waals surface area contributed by atoms with Crippen LogP contribution in [0, 0.1) is 0 Å². The lowest BCUT2D eigenvalue weighted by molar-refractivity contribution is 0.227. The Kier molecular flexibility index (Phi) is 5.07. The highest BCUT2D eigenvalue weighted by Crippen LogP contribution is 2.30. The third kappa shape index (κ3) is 3.74. The van der Waals surface area contributed by atoms with Gasteiger partial charge in [0.25, 0.3) is 0 Å². The first-order valence-corrected chi connectivity index (χ1v) is 10.4. The molecular formula is C24H25N5O. The molecule has 0 spiro atoms. The number of piperazine rings is 1. The maximum Gasteiger partial charge on any atom is 0.143 e. The van der Waals surface area contributed by atoms with Crippen LogP contribution in [0.5, 0.6) is 5.75 Å². The van der Waals surface area contributed by atoms with Crippen molar-refractivity contribution in [2.45, 2.75) is 13.0 Å². The minimum absolute atomic E-state index is 0.00184. The normalized spacial score (nSPS) is 15.3. The van der Waals surface area contributed by atoms with Gasteiger partial charge in [-0.25, -0.2) is 9.97 Å². The first-order valence-electron chi connectivity index (χ1n) is 10.4. The van der Waals surface area contributed by atoms with Crippen molar-refractivity contribution >= 4 is 16.9 Å². The molecule has 0 aliphatic carbocycles. The Balaban J connectivity index is 1.38. The van der Waals surface area contributed by atoms with Crippen molar-refractivity contribution in [3.63, 3.8) is 0 Å². The average Bonchev–Trinajstić information content (AvgIpc) is 3.25. The van der Waals surface area contributed by atoms with Gasteiger partial charge in [-0.1, -0.05) is 30.3 Å². The summed E-state index contributed by atoms with van der Waals surface area (Å²) in [5.41, 5.74) is 4.16. The van der Waals surface area contributed by atoms with Crippen LogP contribution in [-0.2, 0) is 0 Å². The number of hydrogen-bond acceptors (Lipinski definition) is 5. The number of aromatic amines is 1. The molecule has 3 heterocycles. The number of anilines is 1. The molecule has 0 bridgehead atoms. The summed E-state index contributed by atoms with van der Waals surface area (Å²) in [6.07, 6.45) is 1.64. The van der Waals surface area contributed by atoms with Gasteiger partial charge in [-0.15, -0.1) is 0 Å². The Morgan fingerprint density at radius 3 is 2.50 bits per heavy atom. The van der Waals surface area contributed by atoms with Gasteiger partial charge in [0, 0.05) is 31.9 Å². The second-order valence-corrected chi connectivity index (χ2v) is 7.57. The summed E-state index contributed by atoms with van der Waals surface area (Å²) < 4.78 is 6.10. The lowest BCUT2D eigenvalue weighted by atomic mass is 10.1. The predicted octanol–water partition coefficient (Wildman–Crippen LogP) is 4.17. The van der Waals surface area contributed by atoms with Gasteiger partial charge in [0.05, 0.1) is 5.39 Å². The van der Waals surface area contributed by atoms with E-state index in [1.807, 2.05) is 30.3 Å². The number of nitrogens with one attached hydrogen (secondary N) is 2. The molecule has 1 aliphatic rings. The fourth-order valence-corrected chi connectivity index (χ4v) is 3.92. The maximum absolute atomic E-state index is 6.10. The first kappa shape index (κ1) is 18.6. The molecule has 0 unspecified atom stereocenters. The molecule has 1 saturated heterocycles. The van der Waals surface area contributed by atoms with Crippen LogP contribution in [-0.4, -0.2) is 41.1 Å². The van der Waals surface area contributed by atoms with E-state index in [9.17, 15) is 0 Å². The van der Waals surface area contributed by atoms with E-state index in [4.69, 9.17) is 4.74 Å². The Morgan fingerprint density at radius 1 is 0.967 bits per heavy atom. The molecule has 30 heavy (non-hydrogen) atoms. The van der Waals surface area contributed by atoms with Gasteiger partial charge >= 0.3 is 0 Å². The van der Waals surface area contributed by atoms with Gasteiger partial charge in [-0.3, -0.25) is 0 Å². The van der Waals surface area contributed by atoms with Gasteiger partial charge < -0.3 is 19.9 Å². The van der Waals surface area contributed by atoms with Crippen molar-refractivity contribution in [3.8, 4) is 17.0 Å². The number of benzene rings is 2. The fourth-order valence-electron chi connectivity index (χ4n) is 3.92. The van der Waals surface area contributed by atoms with Crippen LogP contribution in [0.25, 0.3) is 22.3 Å². The molecule has 1 fully saturated rings. The summed E-state index contributed by atoms with van der Waals surface area (Å²) in [7, 11) is 0. The molecule has 2 N–H and O–H groups in total. The van der Waals surface area contributed by atoms with Gasteiger partial charge in [0.15, 0.2) is 0 Å². The van der Waals surface area contributed by atoms with E-state index in [0.29, 0.717) is 0 Å². The number of ether oxygens (including phenoxy) is 1. The number of nitrogens with zero attached hydrogens (tertiary/aromatic N) is 3. The van der Waals surface area contributed by atoms with E-state index in [-0.39, 0.29) is 6.10 Å². The lowest BCUT2D eigenvalue weighted by Gasteiger charge is -2.28. The van der Waals surface area contributed by atoms with Crippen LogP contribution in [0.3, 0.4) is 0 Å². The molecule has 0 saturated carbocycles. The van der Waals surface area contributed by atoms with E-state index in [1.165, 1.54) is 0 Å². The highest BCUT2D eigenvalue weighted by molar-refractivity contribution is 5.92. The smallest absolute Gasteiger partial charge is 0.143 e. The molecule has 1 aliphatic heterocycles. The van der Waals surface area contributed by atoms with Crippen molar-refractivity contribution in [1.29, 1.82) is 0 Å². The summed E-state index contributed by atoms with van der Waals surface area (Å²) in [6.45, 7) is 5.94. The quantitative estimate of drug-likeness (QED) is 0.527. The number of fused-ring (bicyclic) bond motifs is 1. The van der Waals surface area contributed by atoms with E-state index in [1.54, 1.807) is 6.33 Å². The minimum Gasteiger partial charge on any atom is -0.486 e. The third-order valence-electron chi connectivity index (χ3n) is 5.57. The Morgan fingerprint density at radius 2 is 1.73 bits per heavy atom. The van der Waals surface area contributed by atoms with Crippen LogP contribution in [0.2, 0.25) is 0 Å². The summed E-state index contributed by atoms with van der Waals surface area (Å²) in [6, 6.07) is 20.6. The molecule has 6 nitrogen and oxygen atoms in total. The predicted molar refractivity (Wildman–Crippen MR) is 120 cm³/mol. The molecule has 2 aromatic heterocycles. The summed E-state index contributed by atoms with van der Waals surface area (Å²) in [5.74, 6) is 1.85. The second-order valence-electron chi connectivity index (χ2n) is 7.57. The Bertz CT molecular complexity index is 1120. The van der Waals surface area contributed by atoms with E-state index < -0.39 is 0 Å². The zero-order valence-electron chi connectivity index (χ0n) is 17.0. The van der Waals surface area contributed by atoms with Crippen LogP contribution in [0.1, 0.15) is 18.6 Å². The lowest BCUT2D eigenvalue weighted by Crippen LogP contribution is -2.43. The summed E-state index contributed by atoms with van der Waals surface area (Å²) in [4.78, 5) is 14.8. The summed E-state index contributed by atoms with van der Waals surface area (Å²) >= 11 is 0. The van der Waals surface area contributed by atoms with Crippen molar-refractivity contribution in [2.75, 3.05) is 31.1 Å². The Labute approximate surface area is 175 Å². The highest BCUT2D eigenvalue weighted by Gasteiger charge is 2.17. The SMILES string of the molecule is C[C@H](Oc1ccc(-c2cc3c(N4CCNCC4)ncnc3[nH]2)cc1)c1ccccc1. The van der Waals surface area contributed by atoms with Crippen molar-refractivity contribution in [2.24, 2.45) is 0 Å². The van der Waals surface area contributed by atoms with E-state index in [2.05, 4.69) is 62.4 Å². The maximum atomic E-state index is 6.10. The number of rotatable bonds is 5. The van der Waals surface area contributed by atoms with Crippen LogP contribution < -0.4 is 15.0 Å². The number of H-pyrrole nitrogens is 1.